The smallest absolute Gasteiger partial charge is 0.180 e. The van der Waals surface area contributed by atoms with E-state index in [0.717, 1.165) is 47.8 Å². The highest BCUT2D eigenvalue weighted by Crippen LogP contribution is 2.46. The van der Waals surface area contributed by atoms with Gasteiger partial charge in [0.1, 0.15) is 6.33 Å². The second-order valence-electron chi connectivity index (χ2n) is 8.43. The first-order valence-electron chi connectivity index (χ1n) is 10.5. The van der Waals surface area contributed by atoms with Gasteiger partial charge in [0.25, 0.3) is 0 Å². The average molecular weight is 397 g/mol. The van der Waals surface area contributed by atoms with Crippen LogP contribution in [-0.4, -0.2) is 36.3 Å². The van der Waals surface area contributed by atoms with E-state index in [-0.39, 0.29) is 0 Å². The Morgan fingerprint density at radius 3 is 2.70 bits per heavy atom. The van der Waals surface area contributed by atoms with Gasteiger partial charge >= 0.3 is 0 Å². The predicted molar refractivity (Wildman–Crippen MR) is 114 cm³/mol. The third-order valence-corrected chi connectivity index (χ3v) is 6.28. The zero-order valence-electron chi connectivity index (χ0n) is 17.2. The number of hydrogen-bond donors (Lipinski definition) is 0. The molecule has 1 aliphatic carbocycles. The SMILES string of the molecule is Cc1ccc(-c2cnc3c(c2)CN(c2nn4cnnc4c(C)c2C2CC2)CC3)cn1. The number of pyridine rings is 2. The number of rotatable bonds is 3. The van der Waals surface area contributed by atoms with E-state index in [2.05, 4.69) is 39.1 Å². The molecule has 30 heavy (non-hydrogen) atoms. The number of anilines is 1. The van der Waals surface area contributed by atoms with Gasteiger partial charge in [0.15, 0.2) is 11.5 Å². The van der Waals surface area contributed by atoms with Crippen LogP contribution in [0.25, 0.3) is 16.8 Å². The van der Waals surface area contributed by atoms with Crippen molar-refractivity contribution in [3.63, 3.8) is 0 Å². The molecule has 0 spiro atoms. The lowest BCUT2D eigenvalue weighted by molar-refractivity contribution is 0.685. The lowest BCUT2D eigenvalue weighted by Gasteiger charge is -2.31. The predicted octanol–water partition coefficient (Wildman–Crippen LogP) is 3.64. The van der Waals surface area contributed by atoms with E-state index >= 15 is 0 Å². The molecule has 150 valence electrons. The van der Waals surface area contributed by atoms with Crippen molar-refractivity contribution >= 4 is 11.5 Å². The van der Waals surface area contributed by atoms with Crippen LogP contribution in [0.2, 0.25) is 0 Å². The Labute approximate surface area is 174 Å². The van der Waals surface area contributed by atoms with Crippen molar-refractivity contribution in [1.82, 2.24) is 29.8 Å². The molecule has 0 N–H and O–H groups in total. The first-order valence-corrected chi connectivity index (χ1v) is 10.5. The fourth-order valence-corrected chi connectivity index (χ4v) is 4.49. The van der Waals surface area contributed by atoms with E-state index in [9.17, 15) is 0 Å². The Morgan fingerprint density at radius 1 is 1.03 bits per heavy atom. The van der Waals surface area contributed by atoms with Crippen molar-refractivity contribution in [2.45, 2.75) is 45.6 Å². The number of nitrogens with zero attached hydrogens (tertiary/aromatic N) is 7. The van der Waals surface area contributed by atoms with E-state index in [4.69, 9.17) is 10.1 Å². The maximum Gasteiger partial charge on any atom is 0.180 e. The summed E-state index contributed by atoms with van der Waals surface area (Å²) in [5.41, 5.74) is 9.13. The Morgan fingerprint density at radius 2 is 1.90 bits per heavy atom. The number of aromatic nitrogens is 6. The van der Waals surface area contributed by atoms with Gasteiger partial charge in [0.05, 0.1) is 0 Å². The molecular weight excluding hydrogens is 374 g/mol. The summed E-state index contributed by atoms with van der Waals surface area (Å²) in [4.78, 5) is 11.6. The van der Waals surface area contributed by atoms with E-state index in [1.807, 2.05) is 29.9 Å². The molecule has 1 aliphatic heterocycles. The second kappa shape index (κ2) is 6.58. The first kappa shape index (κ1) is 17.5. The molecule has 4 aromatic heterocycles. The van der Waals surface area contributed by atoms with Crippen LogP contribution in [-0.2, 0) is 13.0 Å². The van der Waals surface area contributed by atoms with Gasteiger partial charge in [-0.3, -0.25) is 9.97 Å². The molecule has 2 aliphatic rings. The molecule has 5 heterocycles. The summed E-state index contributed by atoms with van der Waals surface area (Å²) in [7, 11) is 0. The Bertz CT molecular complexity index is 1250. The first-order chi connectivity index (χ1) is 14.7. The minimum Gasteiger partial charge on any atom is -0.350 e. The summed E-state index contributed by atoms with van der Waals surface area (Å²) in [5, 5.41) is 13.3. The topological polar surface area (TPSA) is 72.1 Å². The summed E-state index contributed by atoms with van der Waals surface area (Å²) < 4.78 is 1.82. The van der Waals surface area contributed by atoms with Crippen molar-refractivity contribution in [2.24, 2.45) is 0 Å². The summed E-state index contributed by atoms with van der Waals surface area (Å²) in [5.74, 6) is 1.68. The van der Waals surface area contributed by atoms with Gasteiger partial charge in [-0.05, 0) is 50.3 Å². The van der Waals surface area contributed by atoms with Gasteiger partial charge in [0, 0.05) is 65.5 Å². The van der Waals surface area contributed by atoms with Crippen molar-refractivity contribution in [1.29, 1.82) is 0 Å². The number of hydrogen-bond acceptors (Lipinski definition) is 6. The summed E-state index contributed by atoms with van der Waals surface area (Å²) in [6, 6.07) is 6.42. The van der Waals surface area contributed by atoms with E-state index in [1.165, 1.54) is 35.2 Å². The van der Waals surface area contributed by atoms with Crippen molar-refractivity contribution < 1.29 is 0 Å². The summed E-state index contributed by atoms with van der Waals surface area (Å²) in [6.07, 6.45) is 8.99. The molecule has 1 saturated carbocycles. The largest absolute Gasteiger partial charge is 0.350 e. The fraction of sp³-hybridized carbons (Fsp3) is 0.348. The van der Waals surface area contributed by atoms with Crippen LogP contribution in [0.3, 0.4) is 0 Å². The van der Waals surface area contributed by atoms with Crippen LogP contribution in [0.15, 0.2) is 36.9 Å². The molecule has 4 aromatic rings. The quantitative estimate of drug-likeness (QED) is 0.526. The molecule has 1 fully saturated rings. The average Bonchev–Trinajstić information content (AvgIpc) is 3.49. The summed E-state index contributed by atoms with van der Waals surface area (Å²) in [6.45, 7) is 5.90. The normalized spacial score (nSPS) is 16.1. The highest BCUT2D eigenvalue weighted by molar-refractivity contribution is 5.65. The van der Waals surface area contributed by atoms with Gasteiger partial charge in [0.2, 0.25) is 0 Å². The molecule has 0 unspecified atom stereocenters. The van der Waals surface area contributed by atoms with Crippen LogP contribution in [0.5, 0.6) is 0 Å². The number of fused-ring (bicyclic) bond motifs is 2. The minimum atomic E-state index is 0.596. The molecule has 0 amide bonds. The molecule has 0 aromatic carbocycles. The molecule has 0 bridgehead atoms. The van der Waals surface area contributed by atoms with Gasteiger partial charge in [-0.2, -0.15) is 4.52 Å². The lowest BCUT2D eigenvalue weighted by Crippen LogP contribution is -2.33. The maximum atomic E-state index is 4.93. The highest BCUT2D eigenvalue weighted by atomic mass is 15.4. The second-order valence-corrected chi connectivity index (χ2v) is 8.43. The van der Waals surface area contributed by atoms with E-state index in [1.54, 1.807) is 6.33 Å². The van der Waals surface area contributed by atoms with Gasteiger partial charge in [-0.1, -0.05) is 6.07 Å². The van der Waals surface area contributed by atoms with Crippen LogP contribution in [0.4, 0.5) is 5.82 Å². The fourth-order valence-electron chi connectivity index (χ4n) is 4.49. The number of aryl methyl sites for hydroxylation is 2. The van der Waals surface area contributed by atoms with Gasteiger partial charge < -0.3 is 4.90 Å². The van der Waals surface area contributed by atoms with Crippen LogP contribution < -0.4 is 4.90 Å². The zero-order valence-corrected chi connectivity index (χ0v) is 17.2. The molecule has 0 atom stereocenters. The maximum absolute atomic E-state index is 4.93. The van der Waals surface area contributed by atoms with Crippen molar-refractivity contribution in [2.75, 3.05) is 11.4 Å². The summed E-state index contributed by atoms with van der Waals surface area (Å²) >= 11 is 0. The zero-order chi connectivity index (χ0) is 20.2. The third-order valence-electron chi connectivity index (χ3n) is 6.28. The van der Waals surface area contributed by atoms with E-state index < -0.39 is 0 Å². The molecule has 7 heteroatoms. The lowest BCUT2D eigenvalue weighted by atomic mass is 9.99. The highest BCUT2D eigenvalue weighted by Gasteiger charge is 2.33. The van der Waals surface area contributed by atoms with Crippen LogP contribution in [0.1, 0.15) is 46.8 Å². The molecular formula is C23H23N7. The molecule has 0 saturated heterocycles. The van der Waals surface area contributed by atoms with Gasteiger partial charge in [-0.25, -0.2) is 0 Å². The van der Waals surface area contributed by atoms with Crippen molar-refractivity contribution in [3.05, 3.63) is 65.0 Å². The Kier molecular flexibility index (Phi) is 3.84. The third kappa shape index (κ3) is 2.84. The Hall–Kier alpha value is -3.35. The van der Waals surface area contributed by atoms with Crippen LogP contribution >= 0.6 is 0 Å². The monoisotopic (exact) mass is 397 g/mol. The molecule has 6 rings (SSSR count). The molecule has 0 radical (unpaired) electrons. The minimum absolute atomic E-state index is 0.596. The molecule has 7 nitrogen and oxygen atoms in total. The van der Waals surface area contributed by atoms with E-state index in [0.29, 0.717) is 5.92 Å². The van der Waals surface area contributed by atoms with Gasteiger partial charge in [-0.15, -0.1) is 15.3 Å². The standard InChI is InChI=1S/C23H23N7/c1-14-3-4-17(10-24-14)18-9-19-12-29(8-7-20(19)25-11-18)23-21(16-5-6-16)15(2)22-27-26-13-30(22)28-23/h3-4,9-11,13,16H,5-8,12H2,1-2H3. The Balaban J connectivity index is 1.40. The van der Waals surface area contributed by atoms with Crippen molar-refractivity contribution in [3.8, 4) is 11.1 Å². The van der Waals surface area contributed by atoms with Crippen LogP contribution in [0, 0.1) is 13.8 Å².